The van der Waals surface area contributed by atoms with E-state index in [0.29, 0.717) is 37.4 Å². The van der Waals surface area contributed by atoms with E-state index in [1.54, 1.807) is 17.9 Å². The number of amides is 1. The van der Waals surface area contributed by atoms with E-state index in [4.69, 9.17) is 11.5 Å². The van der Waals surface area contributed by atoms with Crippen LogP contribution in [-0.2, 0) is 18.3 Å². The molecule has 176 valence electrons. The van der Waals surface area contributed by atoms with E-state index in [1.165, 1.54) is 6.07 Å². The highest BCUT2D eigenvalue weighted by atomic mass is 32.1. The first kappa shape index (κ1) is 23.1. The summed E-state index contributed by atoms with van der Waals surface area (Å²) >= 11 is 0.923. The molecule has 3 aromatic rings. The van der Waals surface area contributed by atoms with Gasteiger partial charge in [0.1, 0.15) is 27.3 Å². The Labute approximate surface area is 193 Å². The molecule has 2 unspecified atom stereocenters. The zero-order valence-corrected chi connectivity index (χ0v) is 18.8. The number of nitrogen functional groups attached to an aromatic ring is 1. The molecule has 0 radical (unpaired) electrons. The van der Waals surface area contributed by atoms with Crippen LogP contribution in [0.1, 0.15) is 18.5 Å². The largest absolute Gasteiger partial charge is 0.391 e. The van der Waals surface area contributed by atoms with Gasteiger partial charge in [0.05, 0.1) is 30.0 Å². The number of nitrogens with zero attached hydrogens (tertiary/aromatic N) is 4. The second kappa shape index (κ2) is 9.41. The van der Waals surface area contributed by atoms with Crippen molar-refractivity contribution in [3.8, 4) is 10.6 Å². The van der Waals surface area contributed by atoms with Crippen LogP contribution in [0.15, 0.2) is 24.4 Å². The lowest BCUT2D eigenvalue weighted by molar-refractivity contribution is -0.115. The monoisotopic (exact) mass is 477 g/mol. The van der Waals surface area contributed by atoms with Gasteiger partial charge in [-0.05, 0) is 25.0 Å². The van der Waals surface area contributed by atoms with E-state index in [0.717, 1.165) is 23.5 Å². The zero-order valence-electron chi connectivity index (χ0n) is 18.0. The Bertz CT molecular complexity index is 1130. The summed E-state index contributed by atoms with van der Waals surface area (Å²) in [6, 6.07) is 3.24. The van der Waals surface area contributed by atoms with Crippen LogP contribution in [0.4, 0.5) is 25.3 Å². The summed E-state index contributed by atoms with van der Waals surface area (Å²) in [4.78, 5) is 19.0. The van der Waals surface area contributed by atoms with Crippen molar-refractivity contribution in [2.45, 2.75) is 31.4 Å². The number of anilines is 3. The van der Waals surface area contributed by atoms with Crippen molar-refractivity contribution in [1.82, 2.24) is 14.8 Å². The number of benzene rings is 1. The Morgan fingerprint density at radius 2 is 2.00 bits per heavy atom. The fourth-order valence-corrected chi connectivity index (χ4v) is 4.76. The van der Waals surface area contributed by atoms with Gasteiger partial charge in [0.25, 0.3) is 0 Å². The number of aliphatic hydroxyl groups is 1. The topological polar surface area (TPSA) is 135 Å². The third-order valence-electron chi connectivity index (χ3n) is 5.63. The molecule has 0 aliphatic carbocycles. The number of halogens is 2. The lowest BCUT2D eigenvalue weighted by atomic mass is 10.1. The van der Waals surface area contributed by atoms with E-state index in [2.05, 4.69) is 15.4 Å². The maximum Gasteiger partial charge on any atom is 0.230 e. The fraction of sp³-hybridized carbons (Fsp3) is 0.381. The van der Waals surface area contributed by atoms with Gasteiger partial charge < -0.3 is 26.8 Å². The van der Waals surface area contributed by atoms with Gasteiger partial charge in [-0.1, -0.05) is 17.4 Å². The molecule has 1 aliphatic rings. The summed E-state index contributed by atoms with van der Waals surface area (Å²) in [5, 5.41) is 17.4. The van der Waals surface area contributed by atoms with Crippen molar-refractivity contribution < 1.29 is 18.7 Å². The minimum absolute atomic E-state index is 0.0763. The number of rotatable bonds is 5. The smallest absolute Gasteiger partial charge is 0.230 e. The molecule has 1 aromatic carbocycles. The van der Waals surface area contributed by atoms with Gasteiger partial charge in [0.2, 0.25) is 5.91 Å². The molecule has 1 fully saturated rings. The van der Waals surface area contributed by atoms with Crippen LogP contribution in [0.3, 0.4) is 0 Å². The second-order valence-corrected chi connectivity index (χ2v) is 8.98. The van der Waals surface area contributed by atoms with Crippen LogP contribution < -0.4 is 21.7 Å². The van der Waals surface area contributed by atoms with Crippen molar-refractivity contribution in [1.29, 1.82) is 0 Å². The van der Waals surface area contributed by atoms with E-state index in [1.807, 2.05) is 4.90 Å². The Hall–Kier alpha value is -3.09. The molecule has 0 bridgehead atoms. The normalized spacial score (nSPS) is 18.9. The summed E-state index contributed by atoms with van der Waals surface area (Å²) in [5.41, 5.74) is 12.4. The SMILES string of the molecule is Cn1ncc(NC(=O)Cc2nc(-c3c(F)cccc3F)sc2N)c1N1CCC(N)C(O)CC1. The van der Waals surface area contributed by atoms with Crippen LogP contribution in [-0.4, -0.2) is 51.0 Å². The first-order valence-corrected chi connectivity index (χ1v) is 11.3. The number of aryl methyl sites for hydroxylation is 1. The zero-order chi connectivity index (χ0) is 23.7. The van der Waals surface area contributed by atoms with E-state index in [-0.39, 0.29) is 33.7 Å². The van der Waals surface area contributed by atoms with Crippen molar-refractivity contribution in [2.75, 3.05) is 29.0 Å². The Kier molecular flexibility index (Phi) is 6.58. The molecule has 33 heavy (non-hydrogen) atoms. The molecule has 2 atom stereocenters. The summed E-state index contributed by atoms with van der Waals surface area (Å²) in [7, 11) is 1.76. The van der Waals surface area contributed by atoms with Crippen molar-refractivity contribution in [3.05, 3.63) is 41.7 Å². The number of nitrogens with one attached hydrogen (secondary N) is 1. The average Bonchev–Trinajstić information content (AvgIpc) is 3.24. The van der Waals surface area contributed by atoms with Crippen molar-refractivity contribution >= 4 is 33.8 Å². The molecule has 3 heterocycles. The predicted molar refractivity (Wildman–Crippen MR) is 123 cm³/mol. The fourth-order valence-electron chi connectivity index (χ4n) is 3.86. The third kappa shape index (κ3) is 4.82. The quantitative estimate of drug-likeness (QED) is 0.441. The molecule has 12 heteroatoms. The molecule has 9 nitrogen and oxygen atoms in total. The van der Waals surface area contributed by atoms with Gasteiger partial charge >= 0.3 is 0 Å². The summed E-state index contributed by atoms with van der Waals surface area (Å²) in [6.45, 7) is 1.17. The number of aromatic nitrogens is 3. The summed E-state index contributed by atoms with van der Waals surface area (Å²) in [6.07, 6.45) is 1.90. The Morgan fingerprint density at radius 3 is 2.73 bits per heavy atom. The third-order valence-corrected chi connectivity index (χ3v) is 6.58. The number of aliphatic hydroxyl groups excluding tert-OH is 1. The molecule has 6 N–H and O–H groups in total. The highest BCUT2D eigenvalue weighted by molar-refractivity contribution is 7.18. The highest BCUT2D eigenvalue weighted by Gasteiger charge is 2.26. The Balaban J connectivity index is 1.50. The lowest BCUT2D eigenvalue weighted by Gasteiger charge is -2.24. The van der Waals surface area contributed by atoms with Gasteiger partial charge in [-0.3, -0.25) is 9.48 Å². The average molecular weight is 478 g/mol. The minimum Gasteiger partial charge on any atom is -0.391 e. The second-order valence-electron chi connectivity index (χ2n) is 7.95. The van der Waals surface area contributed by atoms with Crippen LogP contribution in [0.5, 0.6) is 0 Å². The van der Waals surface area contributed by atoms with E-state index in [9.17, 15) is 18.7 Å². The van der Waals surface area contributed by atoms with Crippen LogP contribution >= 0.6 is 11.3 Å². The maximum atomic E-state index is 14.1. The number of carbonyl (C=O) groups excluding carboxylic acids is 1. The molecule has 0 saturated carbocycles. The van der Waals surface area contributed by atoms with Crippen LogP contribution in [0, 0.1) is 11.6 Å². The lowest BCUT2D eigenvalue weighted by Crippen LogP contribution is -2.34. The number of hydrogen-bond donors (Lipinski definition) is 4. The molecular weight excluding hydrogens is 452 g/mol. The maximum absolute atomic E-state index is 14.1. The number of thiazole rings is 1. The van der Waals surface area contributed by atoms with Gasteiger partial charge in [-0.15, -0.1) is 0 Å². The molecule has 2 aromatic heterocycles. The van der Waals surface area contributed by atoms with Crippen LogP contribution in [0.2, 0.25) is 0 Å². The first-order chi connectivity index (χ1) is 15.7. The van der Waals surface area contributed by atoms with Crippen molar-refractivity contribution in [3.63, 3.8) is 0 Å². The van der Waals surface area contributed by atoms with E-state index < -0.39 is 23.6 Å². The van der Waals surface area contributed by atoms with Gasteiger partial charge in [0, 0.05) is 26.2 Å². The molecule has 1 aliphatic heterocycles. The van der Waals surface area contributed by atoms with Gasteiger partial charge in [-0.2, -0.15) is 5.10 Å². The molecule has 1 saturated heterocycles. The van der Waals surface area contributed by atoms with Gasteiger partial charge in [0.15, 0.2) is 5.82 Å². The minimum atomic E-state index is -0.748. The highest BCUT2D eigenvalue weighted by Crippen LogP contribution is 2.34. The van der Waals surface area contributed by atoms with E-state index >= 15 is 0 Å². The number of nitrogens with two attached hydrogens (primary N) is 2. The number of hydrogen-bond acceptors (Lipinski definition) is 8. The summed E-state index contributed by atoms with van der Waals surface area (Å²) < 4.78 is 29.8. The standard InChI is InChI=1S/C21H25F2N7O2S/c1-29-21(30-7-5-13(24)16(31)6-8-30)15(10-26-29)27-17(32)9-14-19(25)33-20(28-14)18-11(22)3-2-4-12(18)23/h2-4,10,13,16,31H,5-9,24-25H2,1H3,(H,27,32). The van der Waals surface area contributed by atoms with Crippen LogP contribution in [0.25, 0.3) is 10.6 Å². The van der Waals surface area contributed by atoms with Gasteiger partial charge in [-0.25, -0.2) is 13.8 Å². The molecule has 4 rings (SSSR count). The molecule has 0 spiro atoms. The molecular formula is C21H25F2N7O2S. The predicted octanol–water partition coefficient (Wildman–Crippen LogP) is 1.87. The molecule has 1 amide bonds. The number of carbonyl (C=O) groups is 1. The van der Waals surface area contributed by atoms with Crippen molar-refractivity contribution in [2.24, 2.45) is 12.8 Å². The summed E-state index contributed by atoms with van der Waals surface area (Å²) in [5.74, 6) is -1.19. The Morgan fingerprint density at radius 1 is 1.30 bits per heavy atom. The first-order valence-electron chi connectivity index (χ1n) is 10.4.